The van der Waals surface area contributed by atoms with E-state index in [9.17, 15) is 4.79 Å². The summed E-state index contributed by atoms with van der Waals surface area (Å²) in [6, 6.07) is 18.8. The highest BCUT2D eigenvalue weighted by Crippen LogP contribution is 2.12. The van der Waals surface area contributed by atoms with Crippen LogP contribution in [-0.4, -0.2) is 12.3 Å². The lowest BCUT2D eigenvalue weighted by atomic mass is 10.2. The van der Waals surface area contributed by atoms with E-state index in [1.807, 2.05) is 60.7 Å². The van der Waals surface area contributed by atoms with Crippen LogP contribution in [0.15, 0.2) is 60.7 Å². The summed E-state index contributed by atoms with van der Waals surface area (Å²) in [7, 11) is 0. The second kappa shape index (κ2) is 6.59. The molecule has 3 nitrogen and oxygen atoms in total. The van der Waals surface area contributed by atoms with Gasteiger partial charge in [-0.25, -0.2) is 0 Å². The van der Waals surface area contributed by atoms with Crippen molar-refractivity contribution in [2.45, 2.75) is 19.6 Å². The largest absolute Gasteiger partial charge is 0.455 e. The second-order valence-electron chi connectivity index (χ2n) is 4.15. The molecule has 1 atom stereocenters. The van der Waals surface area contributed by atoms with E-state index in [1.54, 1.807) is 6.92 Å². The minimum Gasteiger partial charge on any atom is -0.455 e. The lowest BCUT2D eigenvalue weighted by Gasteiger charge is -2.15. The van der Waals surface area contributed by atoms with Crippen molar-refractivity contribution in [1.29, 1.82) is 0 Å². The Kier molecular flexibility index (Phi) is 4.56. The summed E-state index contributed by atoms with van der Waals surface area (Å²) in [5.41, 5.74) is 0.930. The highest BCUT2D eigenvalue weighted by molar-refractivity contribution is 5.72. The van der Waals surface area contributed by atoms with Gasteiger partial charge in [0.15, 0.2) is 0 Å². The normalized spacial score (nSPS) is 11.6. The predicted octanol–water partition coefficient (Wildman–Crippen LogP) is 3.20. The molecular weight excluding hydrogens is 240 g/mol. The van der Waals surface area contributed by atoms with E-state index in [-0.39, 0.29) is 12.4 Å². The number of hydrogen-bond donors (Lipinski definition) is 0. The molecule has 0 saturated heterocycles. The fraction of sp³-hybridized carbons (Fsp3) is 0.188. The van der Waals surface area contributed by atoms with Crippen LogP contribution in [-0.2, 0) is 16.0 Å². The summed E-state index contributed by atoms with van der Waals surface area (Å²) in [4.78, 5) is 11.7. The zero-order valence-electron chi connectivity index (χ0n) is 10.8. The van der Waals surface area contributed by atoms with Gasteiger partial charge in [0.05, 0.1) is 6.42 Å². The minimum atomic E-state index is -0.599. The van der Waals surface area contributed by atoms with Gasteiger partial charge in [0.25, 0.3) is 0 Å². The number of carbonyl (C=O) groups is 1. The van der Waals surface area contributed by atoms with Crippen LogP contribution < -0.4 is 4.74 Å². The van der Waals surface area contributed by atoms with Gasteiger partial charge < -0.3 is 9.47 Å². The second-order valence-corrected chi connectivity index (χ2v) is 4.15. The van der Waals surface area contributed by atoms with Gasteiger partial charge >= 0.3 is 5.97 Å². The Balaban J connectivity index is 1.82. The van der Waals surface area contributed by atoms with Crippen molar-refractivity contribution in [3.05, 3.63) is 66.2 Å². The van der Waals surface area contributed by atoms with Crippen LogP contribution >= 0.6 is 0 Å². The molecule has 0 fully saturated rings. The summed E-state index contributed by atoms with van der Waals surface area (Å²) in [6.07, 6.45) is -0.345. The molecule has 0 aliphatic rings. The average molecular weight is 256 g/mol. The molecule has 0 aliphatic heterocycles. The molecule has 0 N–H and O–H groups in total. The number of hydrogen-bond acceptors (Lipinski definition) is 3. The first-order valence-corrected chi connectivity index (χ1v) is 6.19. The molecule has 0 amide bonds. The van der Waals surface area contributed by atoms with Gasteiger partial charge in [-0.3, -0.25) is 4.79 Å². The Hall–Kier alpha value is -2.29. The fourth-order valence-electron chi connectivity index (χ4n) is 1.70. The Bertz CT molecular complexity index is 508. The Morgan fingerprint density at radius 2 is 1.58 bits per heavy atom. The molecule has 2 aromatic rings. The highest BCUT2D eigenvalue weighted by Gasteiger charge is 2.11. The maximum absolute atomic E-state index is 11.7. The van der Waals surface area contributed by atoms with E-state index in [1.165, 1.54) is 0 Å². The first-order chi connectivity index (χ1) is 9.24. The molecule has 98 valence electrons. The maximum atomic E-state index is 11.7. The van der Waals surface area contributed by atoms with E-state index < -0.39 is 6.29 Å². The van der Waals surface area contributed by atoms with Crippen molar-refractivity contribution < 1.29 is 14.3 Å². The first kappa shape index (κ1) is 13.1. The third kappa shape index (κ3) is 4.47. The quantitative estimate of drug-likeness (QED) is 0.608. The van der Waals surface area contributed by atoms with E-state index in [4.69, 9.17) is 9.47 Å². The van der Waals surface area contributed by atoms with Crippen LogP contribution in [0, 0.1) is 0 Å². The number of benzene rings is 2. The number of esters is 1. The van der Waals surface area contributed by atoms with Gasteiger partial charge in [-0.05, 0) is 17.7 Å². The van der Waals surface area contributed by atoms with Crippen LogP contribution in [0.1, 0.15) is 12.5 Å². The van der Waals surface area contributed by atoms with E-state index >= 15 is 0 Å². The van der Waals surface area contributed by atoms with Crippen LogP contribution in [0.25, 0.3) is 0 Å². The molecule has 0 aromatic heterocycles. The van der Waals surface area contributed by atoms with E-state index in [0.29, 0.717) is 5.75 Å². The molecule has 1 unspecified atom stereocenters. The van der Waals surface area contributed by atoms with E-state index in [2.05, 4.69) is 0 Å². The number of carbonyl (C=O) groups excluding carboxylic acids is 1. The number of para-hydroxylation sites is 1. The summed E-state index contributed by atoms with van der Waals surface area (Å²) >= 11 is 0. The van der Waals surface area contributed by atoms with Crippen LogP contribution in [0.2, 0.25) is 0 Å². The average Bonchev–Trinajstić information content (AvgIpc) is 2.40. The topological polar surface area (TPSA) is 35.5 Å². The summed E-state index contributed by atoms with van der Waals surface area (Å²) in [5.74, 6) is 0.386. The molecule has 2 rings (SSSR count). The van der Waals surface area contributed by atoms with Gasteiger partial charge in [0.1, 0.15) is 5.75 Å². The zero-order valence-corrected chi connectivity index (χ0v) is 10.8. The van der Waals surface area contributed by atoms with Gasteiger partial charge in [0, 0.05) is 6.92 Å². The molecule has 0 spiro atoms. The molecule has 3 heteroatoms. The molecule has 2 aromatic carbocycles. The van der Waals surface area contributed by atoms with Crippen molar-refractivity contribution in [2.24, 2.45) is 0 Å². The van der Waals surface area contributed by atoms with Gasteiger partial charge in [-0.2, -0.15) is 0 Å². The molecule has 19 heavy (non-hydrogen) atoms. The molecular formula is C16H16O3. The Labute approximate surface area is 112 Å². The molecule has 0 radical (unpaired) electrons. The monoisotopic (exact) mass is 256 g/mol. The van der Waals surface area contributed by atoms with Crippen molar-refractivity contribution in [3.63, 3.8) is 0 Å². The molecule has 0 heterocycles. The van der Waals surface area contributed by atoms with Gasteiger partial charge in [-0.1, -0.05) is 48.5 Å². The van der Waals surface area contributed by atoms with Crippen LogP contribution in [0.4, 0.5) is 0 Å². The van der Waals surface area contributed by atoms with Crippen LogP contribution in [0.3, 0.4) is 0 Å². The van der Waals surface area contributed by atoms with Gasteiger partial charge in [0.2, 0.25) is 6.29 Å². The number of ether oxygens (including phenoxy) is 2. The minimum absolute atomic E-state index is 0.253. The lowest BCUT2D eigenvalue weighted by molar-refractivity contribution is -0.160. The van der Waals surface area contributed by atoms with Crippen molar-refractivity contribution in [1.82, 2.24) is 0 Å². The van der Waals surface area contributed by atoms with Crippen molar-refractivity contribution in [3.8, 4) is 5.75 Å². The molecule has 0 saturated carbocycles. The summed E-state index contributed by atoms with van der Waals surface area (Å²) in [5, 5.41) is 0. The fourth-order valence-corrected chi connectivity index (χ4v) is 1.70. The Morgan fingerprint density at radius 3 is 2.21 bits per heavy atom. The van der Waals surface area contributed by atoms with E-state index in [0.717, 1.165) is 5.56 Å². The van der Waals surface area contributed by atoms with Crippen LogP contribution in [0.5, 0.6) is 5.75 Å². The predicted molar refractivity (Wildman–Crippen MR) is 72.8 cm³/mol. The smallest absolute Gasteiger partial charge is 0.313 e. The first-order valence-electron chi connectivity index (χ1n) is 6.19. The van der Waals surface area contributed by atoms with Gasteiger partial charge in [-0.15, -0.1) is 0 Å². The SMILES string of the molecule is CC(OC(=O)Cc1ccccc1)Oc1ccccc1. The van der Waals surface area contributed by atoms with Crippen molar-refractivity contribution in [2.75, 3.05) is 0 Å². The maximum Gasteiger partial charge on any atom is 0.313 e. The third-order valence-electron chi connectivity index (χ3n) is 2.53. The Morgan fingerprint density at radius 1 is 1.00 bits per heavy atom. The third-order valence-corrected chi connectivity index (χ3v) is 2.53. The van der Waals surface area contributed by atoms with Crippen molar-refractivity contribution >= 4 is 5.97 Å². The molecule has 0 bridgehead atoms. The molecule has 0 aliphatic carbocycles. The zero-order chi connectivity index (χ0) is 13.5. The lowest BCUT2D eigenvalue weighted by Crippen LogP contribution is -2.22. The standard InChI is InChI=1S/C16H16O3/c1-13(18-15-10-6-3-7-11-15)19-16(17)12-14-8-4-2-5-9-14/h2-11,13H,12H2,1H3. The summed E-state index contributed by atoms with van der Waals surface area (Å²) in [6.45, 7) is 1.70. The summed E-state index contributed by atoms with van der Waals surface area (Å²) < 4.78 is 10.7. The highest BCUT2D eigenvalue weighted by atomic mass is 16.7. The number of rotatable bonds is 5.